The molecule has 4 rings (SSSR count). The van der Waals surface area contributed by atoms with Gasteiger partial charge < -0.3 is 10.3 Å². The summed E-state index contributed by atoms with van der Waals surface area (Å²) >= 11 is 0. The molecule has 2 N–H and O–H groups in total. The summed E-state index contributed by atoms with van der Waals surface area (Å²) in [7, 11) is 0. The van der Waals surface area contributed by atoms with E-state index in [0.29, 0.717) is 5.56 Å². The van der Waals surface area contributed by atoms with Gasteiger partial charge in [0.25, 0.3) is 0 Å². The van der Waals surface area contributed by atoms with Gasteiger partial charge in [-0.2, -0.15) is 0 Å². The fourth-order valence-electron chi connectivity index (χ4n) is 3.15. The first-order valence-corrected chi connectivity index (χ1v) is 6.92. The maximum atomic E-state index is 14.1. The topological polar surface area (TPSA) is 27.8 Å². The highest BCUT2D eigenvalue weighted by atomic mass is 35.5. The second-order valence-electron chi connectivity index (χ2n) is 5.22. The molecule has 4 heteroatoms. The maximum absolute atomic E-state index is 14.1. The van der Waals surface area contributed by atoms with Crippen molar-refractivity contribution in [2.45, 2.75) is 12.5 Å². The molecular weight excluding hydrogens is 287 g/mol. The number of fused-ring (bicyclic) bond motifs is 3. The first-order valence-electron chi connectivity index (χ1n) is 6.92. The number of hydrogen-bond donors (Lipinski definition) is 2. The zero-order valence-electron chi connectivity index (χ0n) is 11.4. The summed E-state index contributed by atoms with van der Waals surface area (Å²) < 4.78 is 14.1. The van der Waals surface area contributed by atoms with Crippen LogP contribution in [0.3, 0.4) is 0 Å². The highest BCUT2D eigenvalue weighted by Gasteiger charge is 2.26. The molecule has 1 atom stereocenters. The van der Waals surface area contributed by atoms with E-state index < -0.39 is 0 Å². The third-order valence-electron chi connectivity index (χ3n) is 4.08. The van der Waals surface area contributed by atoms with E-state index in [1.165, 1.54) is 17.0 Å². The van der Waals surface area contributed by atoms with Crippen molar-refractivity contribution in [3.63, 3.8) is 0 Å². The van der Waals surface area contributed by atoms with Gasteiger partial charge in [-0.25, -0.2) is 4.39 Å². The first-order chi connectivity index (χ1) is 9.84. The van der Waals surface area contributed by atoms with Crippen molar-refractivity contribution in [3.05, 3.63) is 71.2 Å². The van der Waals surface area contributed by atoms with Crippen molar-refractivity contribution in [1.29, 1.82) is 0 Å². The Labute approximate surface area is 128 Å². The Morgan fingerprint density at radius 3 is 2.62 bits per heavy atom. The minimum absolute atomic E-state index is 0. The van der Waals surface area contributed by atoms with Crippen LogP contribution in [0.4, 0.5) is 4.39 Å². The van der Waals surface area contributed by atoms with E-state index in [2.05, 4.69) is 28.5 Å². The fourth-order valence-corrected chi connectivity index (χ4v) is 3.15. The summed E-state index contributed by atoms with van der Waals surface area (Å²) in [4.78, 5) is 3.46. The third-order valence-corrected chi connectivity index (χ3v) is 4.08. The summed E-state index contributed by atoms with van der Waals surface area (Å²) in [6.45, 7) is 0.869. The molecular formula is C17H16ClFN2. The summed E-state index contributed by atoms with van der Waals surface area (Å²) in [5.41, 5.74) is 4.25. The molecule has 0 amide bonds. The summed E-state index contributed by atoms with van der Waals surface area (Å²) in [5.74, 6) is -0.156. The van der Waals surface area contributed by atoms with Gasteiger partial charge in [0.05, 0.1) is 6.04 Å². The predicted octanol–water partition coefficient (Wildman–Crippen LogP) is 3.96. The van der Waals surface area contributed by atoms with Gasteiger partial charge in [0.1, 0.15) is 5.82 Å². The number of nitrogens with one attached hydrogen (secondary N) is 2. The lowest BCUT2D eigenvalue weighted by atomic mass is 9.94. The van der Waals surface area contributed by atoms with Crippen LogP contribution in [0.25, 0.3) is 10.9 Å². The van der Waals surface area contributed by atoms with E-state index in [1.54, 1.807) is 6.07 Å². The molecule has 0 bridgehead atoms. The SMILES string of the molecule is Cl.Fc1ccccc1C1NCCc2c1[nH]c1ccccc21. The first kappa shape index (κ1) is 14.1. The van der Waals surface area contributed by atoms with Crippen LogP contribution in [0.5, 0.6) is 0 Å². The van der Waals surface area contributed by atoms with Crippen LogP contribution in [0.1, 0.15) is 22.9 Å². The number of aromatic nitrogens is 1. The molecule has 2 heterocycles. The van der Waals surface area contributed by atoms with Gasteiger partial charge in [-0.3, -0.25) is 0 Å². The lowest BCUT2D eigenvalue weighted by Gasteiger charge is -2.25. The average molecular weight is 303 g/mol. The molecule has 0 aliphatic carbocycles. The van der Waals surface area contributed by atoms with Crippen molar-refractivity contribution in [2.24, 2.45) is 0 Å². The normalized spacial score (nSPS) is 17.3. The van der Waals surface area contributed by atoms with Crippen LogP contribution < -0.4 is 5.32 Å². The number of H-pyrrole nitrogens is 1. The van der Waals surface area contributed by atoms with Crippen molar-refractivity contribution in [1.82, 2.24) is 10.3 Å². The molecule has 0 radical (unpaired) electrons. The quantitative estimate of drug-likeness (QED) is 0.699. The van der Waals surface area contributed by atoms with Gasteiger partial charge in [0.15, 0.2) is 0 Å². The molecule has 21 heavy (non-hydrogen) atoms. The highest BCUT2D eigenvalue weighted by molar-refractivity contribution is 5.85. The number of hydrogen-bond acceptors (Lipinski definition) is 1. The number of rotatable bonds is 1. The molecule has 0 saturated carbocycles. The monoisotopic (exact) mass is 302 g/mol. The minimum Gasteiger partial charge on any atom is -0.357 e. The molecule has 2 aromatic carbocycles. The zero-order valence-corrected chi connectivity index (χ0v) is 12.2. The van der Waals surface area contributed by atoms with E-state index in [0.717, 1.165) is 24.2 Å². The van der Waals surface area contributed by atoms with E-state index in [9.17, 15) is 4.39 Å². The molecule has 0 spiro atoms. The van der Waals surface area contributed by atoms with E-state index >= 15 is 0 Å². The van der Waals surface area contributed by atoms with Crippen molar-refractivity contribution in [2.75, 3.05) is 6.54 Å². The number of para-hydroxylation sites is 1. The van der Waals surface area contributed by atoms with Crippen LogP contribution in [0, 0.1) is 5.82 Å². The van der Waals surface area contributed by atoms with Gasteiger partial charge in [0, 0.05) is 28.7 Å². The molecule has 1 aliphatic rings. The van der Waals surface area contributed by atoms with E-state index in [-0.39, 0.29) is 24.3 Å². The lowest BCUT2D eigenvalue weighted by molar-refractivity contribution is 0.523. The molecule has 2 nitrogen and oxygen atoms in total. The van der Waals surface area contributed by atoms with E-state index in [4.69, 9.17) is 0 Å². The predicted molar refractivity (Wildman–Crippen MR) is 85.5 cm³/mol. The Morgan fingerprint density at radius 2 is 1.76 bits per heavy atom. The van der Waals surface area contributed by atoms with Crippen LogP contribution >= 0.6 is 12.4 Å². The van der Waals surface area contributed by atoms with Crippen LogP contribution in [-0.2, 0) is 6.42 Å². The number of halogens is 2. The van der Waals surface area contributed by atoms with Crippen LogP contribution in [0.2, 0.25) is 0 Å². The lowest BCUT2D eigenvalue weighted by Crippen LogP contribution is -2.31. The summed E-state index contributed by atoms with van der Waals surface area (Å²) in [5, 5.41) is 4.68. The zero-order chi connectivity index (χ0) is 13.5. The van der Waals surface area contributed by atoms with E-state index in [1.807, 2.05) is 18.2 Å². The maximum Gasteiger partial charge on any atom is 0.128 e. The second-order valence-corrected chi connectivity index (χ2v) is 5.22. The van der Waals surface area contributed by atoms with Gasteiger partial charge in [0.2, 0.25) is 0 Å². The number of aromatic amines is 1. The van der Waals surface area contributed by atoms with Crippen LogP contribution in [-0.4, -0.2) is 11.5 Å². The van der Waals surface area contributed by atoms with Crippen LogP contribution in [0.15, 0.2) is 48.5 Å². The molecule has 1 aliphatic heterocycles. The van der Waals surface area contributed by atoms with Crippen molar-refractivity contribution in [3.8, 4) is 0 Å². The summed E-state index contributed by atoms with van der Waals surface area (Å²) in [6.07, 6.45) is 0.976. The van der Waals surface area contributed by atoms with Gasteiger partial charge in [-0.05, 0) is 24.1 Å². The Bertz CT molecular complexity index is 781. The fraction of sp³-hybridized carbons (Fsp3) is 0.176. The molecule has 1 unspecified atom stereocenters. The Morgan fingerprint density at radius 1 is 1.00 bits per heavy atom. The molecule has 108 valence electrons. The summed E-state index contributed by atoms with van der Waals surface area (Å²) in [6, 6.07) is 15.2. The number of benzene rings is 2. The highest BCUT2D eigenvalue weighted by Crippen LogP contribution is 2.34. The Balaban J connectivity index is 0.00000132. The standard InChI is InChI=1S/C17H15FN2.ClH/c18-14-7-3-1-6-13(14)16-17-12(9-10-19-16)11-5-2-4-8-15(11)20-17;/h1-8,16,19-20H,9-10H2;1H. The van der Waals surface area contributed by atoms with Gasteiger partial charge >= 0.3 is 0 Å². The molecule has 0 fully saturated rings. The Kier molecular flexibility index (Phi) is 3.70. The van der Waals surface area contributed by atoms with Gasteiger partial charge in [-0.1, -0.05) is 36.4 Å². The molecule has 1 aromatic heterocycles. The van der Waals surface area contributed by atoms with Crippen molar-refractivity contribution >= 4 is 23.3 Å². The largest absolute Gasteiger partial charge is 0.357 e. The average Bonchev–Trinajstić information content (AvgIpc) is 2.86. The third kappa shape index (κ3) is 2.23. The van der Waals surface area contributed by atoms with Crippen molar-refractivity contribution < 1.29 is 4.39 Å². The Hall–Kier alpha value is -1.84. The minimum atomic E-state index is -0.156. The van der Waals surface area contributed by atoms with Gasteiger partial charge in [-0.15, -0.1) is 12.4 Å². The smallest absolute Gasteiger partial charge is 0.128 e. The molecule has 0 saturated heterocycles. The second kappa shape index (κ2) is 5.51. The molecule has 3 aromatic rings.